The average molecular weight is 389 g/mol. The van der Waals surface area contributed by atoms with E-state index in [1.165, 1.54) is 5.56 Å². The summed E-state index contributed by atoms with van der Waals surface area (Å²) in [5, 5.41) is 2.27. The SMILES string of the molecule is Cc1ccc(-c2nc3cncc(C)c3n2-c2ccccc2)c2oc3ccccc3c12. The van der Waals surface area contributed by atoms with Gasteiger partial charge in [0.15, 0.2) is 0 Å². The zero-order valence-corrected chi connectivity index (χ0v) is 16.8. The summed E-state index contributed by atoms with van der Waals surface area (Å²) in [5.41, 5.74) is 8.02. The van der Waals surface area contributed by atoms with Crippen molar-refractivity contribution >= 4 is 33.0 Å². The van der Waals surface area contributed by atoms with Crippen LogP contribution in [0.5, 0.6) is 0 Å². The Morgan fingerprint density at radius 3 is 2.47 bits per heavy atom. The molecule has 3 heterocycles. The Morgan fingerprint density at radius 2 is 1.60 bits per heavy atom. The number of nitrogens with zero attached hydrogens (tertiary/aromatic N) is 3. The number of hydrogen-bond donors (Lipinski definition) is 0. The van der Waals surface area contributed by atoms with Crippen molar-refractivity contribution in [3.8, 4) is 17.1 Å². The molecule has 6 aromatic rings. The van der Waals surface area contributed by atoms with E-state index < -0.39 is 0 Å². The van der Waals surface area contributed by atoms with Crippen molar-refractivity contribution in [1.29, 1.82) is 0 Å². The van der Waals surface area contributed by atoms with E-state index in [-0.39, 0.29) is 0 Å². The van der Waals surface area contributed by atoms with E-state index in [0.29, 0.717) is 0 Å². The standard InChI is InChI=1S/C26H19N3O/c1-16-12-13-20(25-23(16)19-10-6-7-11-22(19)30-25)26-28-21-15-27-14-17(2)24(21)29(26)18-8-4-3-5-9-18/h3-15H,1-2H3. The monoisotopic (exact) mass is 389 g/mol. The first-order chi connectivity index (χ1) is 14.7. The summed E-state index contributed by atoms with van der Waals surface area (Å²) < 4.78 is 8.58. The van der Waals surface area contributed by atoms with E-state index in [0.717, 1.165) is 55.6 Å². The van der Waals surface area contributed by atoms with Crippen LogP contribution in [0.3, 0.4) is 0 Å². The summed E-state index contributed by atoms with van der Waals surface area (Å²) in [6.07, 6.45) is 3.72. The number of benzene rings is 3. The second kappa shape index (κ2) is 6.29. The number of aryl methyl sites for hydroxylation is 2. The third-order valence-electron chi connectivity index (χ3n) is 5.73. The fraction of sp³-hybridized carbons (Fsp3) is 0.0769. The topological polar surface area (TPSA) is 43.9 Å². The van der Waals surface area contributed by atoms with Gasteiger partial charge in [-0.05, 0) is 49.2 Å². The zero-order valence-electron chi connectivity index (χ0n) is 16.8. The van der Waals surface area contributed by atoms with Crippen molar-refractivity contribution in [2.75, 3.05) is 0 Å². The van der Waals surface area contributed by atoms with Gasteiger partial charge in [-0.25, -0.2) is 4.98 Å². The molecular formula is C26H19N3O. The Balaban J connectivity index is 1.78. The fourth-order valence-corrected chi connectivity index (χ4v) is 4.37. The lowest BCUT2D eigenvalue weighted by Crippen LogP contribution is -1.99. The highest BCUT2D eigenvalue weighted by Crippen LogP contribution is 2.39. The van der Waals surface area contributed by atoms with Crippen molar-refractivity contribution in [2.45, 2.75) is 13.8 Å². The largest absolute Gasteiger partial charge is 0.455 e. The van der Waals surface area contributed by atoms with Crippen LogP contribution in [0, 0.1) is 13.8 Å². The van der Waals surface area contributed by atoms with Gasteiger partial charge in [-0.1, -0.05) is 42.5 Å². The van der Waals surface area contributed by atoms with Gasteiger partial charge < -0.3 is 4.42 Å². The van der Waals surface area contributed by atoms with Crippen molar-refractivity contribution in [2.24, 2.45) is 0 Å². The summed E-state index contributed by atoms with van der Waals surface area (Å²) in [4.78, 5) is 9.38. The Labute approximate surface area is 173 Å². The molecule has 0 atom stereocenters. The van der Waals surface area contributed by atoms with Gasteiger partial charge in [0.05, 0.1) is 17.3 Å². The number of rotatable bonds is 2. The number of furan rings is 1. The number of hydrogen-bond acceptors (Lipinski definition) is 3. The average Bonchev–Trinajstić information content (AvgIpc) is 3.35. The quantitative estimate of drug-likeness (QED) is 0.335. The summed E-state index contributed by atoms with van der Waals surface area (Å²) >= 11 is 0. The van der Waals surface area contributed by atoms with Crippen LogP contribution < -0.4 is 0 Å². The molecule has 0 bridgehead atoms. The van der Waals surface area contributed by atoms with Crippen LogP contribution in [0.15, 0.2) is 83.5 Å². The molecule has 0 N–H and O–H groups in total. The van der Waals surface area contributed by atoms with Crippen LogP contribution in [-0.2, 0) is 0 Å². The van der Waals surface area contributed by atoms with Gasteiger partial charge >= 0.3 is 0 Å². The lowest BCUT2D eigenvalue weighted by molar-refractivity contribution is 0.669. The minimum atomic E-state index is 0.858. The van der Waals surface area contributed by atoms with E-state index in [4.69, 9.17) is 9.40 Å². The molecular weight excluding hydrogens is 370 g/mol. The molecule has 0 aliphatic rings. The molecule has 0 spiro atoms. The normalized spacial score (nSPS) is 11.7. The predicted molar refractivity (Wildman–Crippen MR) is 121 cm³/mol. The first-order valence-corrected chi connectivity index (χ1v) is 10.0. The molecule has 3 aromatic carbocycles. The van der Waals surface area contributed by atoms with Gasteiger partial charge in [-0.15, -0.1) is 0 Å². The second-order valence-electron chi connectivity index (χ2n) is 7.66. The highest BCUT2D eigenvalue weighted by atomic mass is 16.3. The first kappa shape index (κ1) is 17.0. The van der Waals surface area contributed by atoms with E-state index in [2.05, 4.69) is 59.8 Å². The Morgan fingerprint density at radius 1 is 0.800 bits per heavy atom. The van der Waals surface area contributed by atoms with Crippen LogP contribution in [0.2, 0.25) is 0 Å². The summed E-state index contributed by atoms with van der Waals surface area (Å²) in [6, 6.07) is 22.8. The predicted octanol–water partition coefficient (Wildman–Crippen LogP) is 6.60. The number of aromatic nitrogens is 3. The smallest absolute Gasteiger partial charge is 0.149 e. The van der Waals surface area contributed by atoms with Crippen molar-refractivity contribution < 1.29 is 4.42 Å². The van der Waals surface area contributed by atoms with Gasteiger partial charge in [0, 0.05) is 22.7 Å². The van der Waals surface area contributed by atoms with Crippen LogP contribution in [0.25, 0.3) is 50.0 Å². The van der Waals surface area contributed by atoms with E-state index in [1.807, 2.05) is 42.7 Å². The van der Waals surface area contributed by atoms with Crippen molar-refractivity contribution in [1.82, 2.24) is 14.5 Å². The van der Waals surface area contributed by atoms with Crippen LogP contribution in [0.4, 0.5) is 0 Å². The molecule has 6 rings (SSSR count). The molecule has 0 saturated carbocycles. The Hall–Kier alpha value is -3.92. The molecule has 0 saturated heterocycles. The molecule has 0 aliphatic carbocycles. The van der Waals surface area contributed by atoms with Crippen LogP contribution >= 0.6 is 0 Å². The minimum absolute atomic E-state index is 0.858. The highest BCUT2D eigenvalue weighted by molar-refractivity contribution is 6.11. The summed E-state index contributed by atoms with van der Waals surface area (Å²) in [7, 11) is 0. The molecule has 0 unspecified atom stereocenters. The van der Waals surface area contributed by atoms with Gasteiger partial charge in [0.2, 0.25) is 0 Å². The minimum Gasteiger partial charge on any atom is -0.455 e. The third kappa shape index (κ3) is 2.34. The van der Waals surface area contributed by atoms with E-state index in [9.17, 15) is 0 Å². The van der Waals surface area contributed by atoms with Crippen LogP contribution in [-0.4, -0.2) is 14.5 Å². The maximum absolute atomic E-state index is 6.37. The first-order valence-electron chi connectivity index (χ1n) is 10.0. The lowest BCUT2D eigenvalue weighted by Gasteiger charge is -2.11. The van der Waals surface area contributed by atoms with E-state index in [1.54, 1.807) is 0 Å². The maximum atomic E-state index is 6.37. The number of fused-ring (bicyclic) bond motifs is 4. The molecule has 144 valence electrons. The molecule has 30 heavy (non-hydrogen) atoms. The maximum Gasteiger partial charge on any atom is 0.149 e. The summed E-state index contributed by atoms with van der Waals surface area (Å²) in [6.45, 7) is 4.20. The molecule has 3 aromatic heterocycles. The molecule has 0 fully saturated rings. The number of para-hydroxylation sites is 2. The number of pyridine rings is 1. The molecule has 0 amide bonds. The van der Waals surface area contributed by atoms with Crippen LogP contribution in [0.1, 0.15) is 11.1 Å². The van der Waals surface area contributed by atoms with Gasteiger partial charge in [0.25, 0.3) is 0 Å². The Kier molecular flexibility index (Phi) is 3.56. The fourth-order valence-electron chi connectivity index (χ4n) is 4.37. The van der Waals surface area contributed by atoms with Gasteiger partial charge in [-0.2, -0.15) is 0 Å². The van der Waals surface area contributed by atoms with E-state index >= 15 is 0 Å². The van der Waals surface area contributed by atoms with Crippen molar-refractivity contribution in [3.05, 3.63) is 90.3 Å². The molecule has 0 radical (unpaired) electrons. The number of imidazole rings is 1. The van der Waals surface area contributed by atoms with Gasteiger partial charge in [0.1, 0.15) is 22.5 Å². The second-order valence-corrected chi connectivity index (χ2v) is 7.66. The molecule has 0 aliphatic heterocycles. The third-order valence-corrected chi connectivity index (χ3v) is 5.73. The van der Waals surface area contributed by atoms with Crippen molar-refractivity contribution in [3.63, 3.8) is 0 Å². The Bertz CT molecular complexity index is 1560. The molecule has 4 nitrogen and oxygen atoms in total. The summed E-state index contributed by atoms with van der Waals surface area (Å²) in [5.74, 6) is 0.858. The molecule has 4 heteroatoms. The lowest BCUT2D eigenvalue weighted by atomic mass is 10.0. The zero-order chi connectivity index (χ0) is 20.2. The highest BCUT2D eigenvalue weighted by Gasteiger charge is 2.21. The van der Waals surface area contributed by atoms with Gasteiger partial charge in [-0.3, -0.25) is 9.55 Å².